The van der Waals surface area contributed by atoms with Gasteiger partial charge in [-0.05, 0) is 49.6 Å². The van der Waals surface area contributed by atoms with Crippen molar-refractivity contribution in [3.63, 3.8) is 0 Å². The molecule has 7 heteroatoms. The summed E-state index contributed by atoms with van der Waals surface area (Å²) in [6.45, 7) is 4.81. The van der Waals surface area contributed by atoms with Gasteiger partial charge in [-0.1, -0.05) is 35.9 Å². The molecule has 2 heterocycles. The molecule has 0 bridgehead atoms. The van der Waals surface area contributed by atoms with Gasteiger partial charge in [-0.3, -0.25) is 4.79 Å². The van der Waals surface area contributed by atoms with Crippen LogP contribution in [0.1, 0.15) is 51.8 Å². The normalized spacial score (nSPS) is 16.0. The number of amides is 1. The molecule has 0 radical (unpaired) electrons. The standard InChI is InChI=1S/C27H29ClN4O2/c1-18-23(17-19-7-11-21(34-2)12-8-19)26(30-25(29-18)20-9-10-20)31-13-15-32(16-14-31)27(33)22-5-3-4-6-24(22)28/h3-8,11-12,20H,9-10,13-17H2,1-2H3. The molecule has 1 aliphatic carbocycles. The van der Waals surface area contributed by atoms with E-state index in [0.29, 0.717) is 29.6 Å². The van der Waals surface area contributed by atoms with Crippen LogP contribution in [0.3, 0.4) is 0 Å². The minimum absolute atomic E-state index is 0.0127. The number of aromatic nitrogens is 2. The van der Waals surface area contributed by atoms with E-state index in [1.165, 1.54) is 5.56 Å². The van der Waals surface area contributed by atoms with Gasteiger partial charge in [0.1, 0.15) is 17.4 Å². The second kappa shape index (κ2) is 9.63. The number of halogens is 1. The predicted molar refractivity (Wildman–Crippen MR) is 134 cm³/mol. The van der Waals surface area contributed by atoms with Crippen LogP contribution in [-0.2, 0) is 6.42 Å². The van der Waals surface area contributed by atoms with Crippen LogP contribution in [0.4, 0.5) is 5.82 Å². The van der Waals surface area contributed by atoms with E-state index in [2.05, 4.69) is 24.0 Å². The van der Waals surface area contributed by atoms with Crippen molar-refractivity contribution in [1.29, 1.82) is 0 Å². The second-order valence-corrected chi connectivity index (χ2v) is 9.43. The van der Waals surface area contributed by atoms with Gasteiger partial charge in [0, 0.05) is 49.8 Å². The van der Waals surface area contributed by atoms with Crippen LogP contribution in [0, 0.1) is 6.92 Å². The predicted octanol–water partition coefficient (Wildman–Crippen LogP) is 4.88. The Morgan fingerprint density at radius 3 is 2.38 bits per heavy atom. The monoisotopic (exact) mass is 476 g/mol. The zero-order chi connectivity index (χ0) is 23.7. The molecule has 1 saturated heterocycles. The van der Waals surface area contributed by atoms with Gasteiger partial charge in [-0.25, -0.2) is 9.97 Å². The third-order valence-electron chi connectivity index (χ3n) is 6.66. The number of aryl methyl sites for hydroxylation is 1. The van der Waals surface area contributed by atoms with Gasteiger partial charge in [0.05, 0.1) is 17.7 Å². The maximum Gasteiger partial charge on any atom is 0.255 e. The number of nitrogens with zero attached hydrogens (tertiary/aromatic N) is 4. The molecule has 2 aliphatic rings. The van der Waals surface area contributed by atoms with E-state index in [0.717, 1.165) is 61.0 Å². The Balaban J connectivity index is 1.38. The van der Waals surface area contributed by atoms with Gasteiger partial charge >= 0.3 is 0 Å². The van der Waals surface area contributed by atoms with Crippen molar-refractivity contribution >= 4 is 23.3 Å². The number of benzene rings is 2. The van der Waals surface area contributed by atoms with Crippen LogP contribution in [0.2, 0.25) is 5.02 Å². The number of anilines is 1. The molecule has 1 amide bonds. The average molecular weight is 477 g/mol. The minimum Gasteiger partial charge on any atom is -0.497 e. The first-order valence-corrected chi connectivity index (χ1v) is 12.2. The van der Waals surface area contributed by atoms with Gasteiger partial charge in [0.2, 0.25) is 0 Å². The first-order chi connectivity index (χ1) is 16.5. The van der Waals surface area contributed by atoms with E-state index in [4.69, 9.17) is 26.3 Å². The van der Waals surface area contributed by atoms with E-state index in [-0.39, 0.29) is 5.91 Å². The van der Waals surface area contributed by atoms with Crippen molar-refractivity contribution in [1.82, 2.24) is 14.9 Å². The fourth-order valence-electron chi connectivity index (χ4n) is 4.47. The highest BCUT2D eigenvalue weighted by atomic mass is 35.5. The van der Waals surface area contributed by atoms with Crippen molar-refractivity contribution < 1.29 is 9.53 Å². The molecule has 1 aliphatic heterocycles. The van der Waals surface area contributed by atoms with Crippen molar-refractivity contribution in [3.05, 3.63) is 81.8 Å². The van der Waals surface area contributed by atoms with Gasteiger partial charge in [-0.2, -0.15) is 0 Å². The second-order valence-electron chi connectivity index (χ2n) is 9.03. The Hall–Kier alpha value is -3.12. The molecule has 2 aromatic carbocycles. The summed E-state index contributed by atoms with van der Waals surface area (Å²) in [5, 5.41) is 0.497. The average Bonchev–Trinajstić information content (AvgIpc) is 3.71. The lowest BCUT2D eigenvalue weighted by atomic mass is 10.0. The van der Waals surface area contributed by atoms with Crippen LogP contribution in [-0.4, -0.2) is 54.1 Å². The maximum atomic E-state index is 13.0. The maximum absolute atomic E-state index is 13.0. The Morgan fingerprint density at radius 1 is 1.03 bits per heavy atom. The Morgan fingerprint density at radius 2 is 1.74 bits per heavy atom. The van der Waals surface area contributed by atoms with Gasteiger partial charge in [-0.15, -0.1) is 0 Å². The third kappa shape index (κ3) is 4.73. The number of hydrogen-bond donors (Lipinski definition) is 0. The molecule has 34 heavy (non-hydrogen) atoms. The van der Waals surface area contributed by atoms with E-state index in [1.807, 2.05) is 29.2 Å². The van der Waals surface area contributed by atoms with E-state index in [1.54, 1.807) is 19.2 Å². The molecule has 1 saturated carbocycles. The number of carbonyl (C=O) groups excluding carboxylic acids is 1. The summed E-state index contributed by atoms with van der Waals surface area (Å²) in [4.78, 5) is 27.1. The summed E-state index contributed by atoms with van der Waals surface area (Å²) in [6.07, 6.45) is 3.09. The van der Waals surface area contributed by atoms with Gasteiger partial charge < -0.3 is 14.5 Å². The molecule has 6 nitrogen and oxygen atoms in total. The number of ether oxygens (including phenoxy) is 1. The number of carbonyl (C=O) groups is 1. The Kier molecular flexibility index (Phi) is 6.42. The SMILES string of the molecule is COc1ccc(Cc2c(C)nc(C3CC3)nc2N2CCN(C(=O)c3ccccc3Cl)CC2)cc1. The molecule has 1 aromatic heterocycles. The zero-order valence-corrected chi connectivity index (χ0v) is 20.4. The molecule has 0 N–H and O–H groups in total. The number of rotatable bonds is 6. The van der Waals surface area contributed by atoms with E-state index in [9.17, 15) is 4.79 Å². The van der Waals surface area contributed by atoms with Crippen LogP contribution in [0.5, 0.6) is 5.75 Å². The lowest BCUT2D eigenvalue weighted by Crippen LogP contribution is -2.49. The van der Waals surface area contributed by atoms with Crippen LogP contribution >= 0.6 is 11.6 Å². The molecule has 0 unspecified atom stereocenters. The smallest absolute Gasteiger partial charge is 0.255 e. The van der Waals surface area contributed by atoms with Crippen LogP contribution < -0.4 is 9.64 Å². The highest BCUT2D eigenvalue weighted by Gasteiger charge is 2.31. The third-order valence-corrected chi connectivity index (χ3v) is 6.99. The zero-order valence-electron chi connectivity index (χ0n) is 19.6. The molecular weight excluding hydrogens is 448 g/mol. The molecule has 5 rings (SSSR count). The summed E-state index contributed by atoms with van der Waals surface area (Å²) in [7, 11) is 1.68. The fraction of sp³-hybridized carbons (Fsp3) is 0.370. The number of methoxy groups -OCH3 is 1. The molecular formula is C27H29ClN4O2. The van der Waals surface area contributed by atoms with Crippen molar-refractivity contribution in [3.8, 4) is 5.75 Å². The molecule has 176 valence electrons. The lowest BCUT2D eigenvalue weighted by Gasteiger charge is -2.36. The van der Waals surface area contributed by atoms with Crippen LogP contribution in [0.25, 0.3) is 0 Å². The quantitative estimate of drug-likeness (QED) is 0.507. The van der Waals surface area contributed by atoms with Crippen molar-refractivity contribution in [2.75, 3.05) is 38.2 Å². The molecule has 0 atom stereocenters. The first-order valence-electron chi connectivity index (χ1n) is 11.8. The molecule has 0 spiro atoms. The van der Waals surface area contributed by atoms with Crippen LogP contribution in [0.15, 0.2) is 48.5 Å². The number of piperazine rings is 1. The van der Waals surface area contributed by atoms with E-state index < -0.39 is 0 Å². The summed E-state index contributed by atoms with van der Waals surface area (Å²) >= 11 is 6.27. The number of hydrogen-bond acceptors (Lipinski definition) is 5. The largest absolute Gasteiger partial charge is 0.497 e. The molecule has 2 fully saturated rings. The summed E-state index contributed by atoms with van der Waals surface area (Å²) in [5.41, 5.74) is 3.95. The van der Waals surface area contributed by atoms with Crippen molar-refractivity contribution in [2.45, 2.75) is 32.1 Å². The lowest BCUT2D eigenvalue weighted by molar-refractivity contribution is 0.0746. The summed E-state index contributed by atoms with van der Waals surface area (Å²) in [5.74, 6) is 3.28. The van der Waals surface area contributed by atoms with Gasteiger partial charge in [0.15, 0.2) is 0 Å². The summed E-state index contributed by atoms with van der Waals surface area (Å²) < 4.78 is 5.31. The summed E-state index contributed by atoms with van der Waals surface area (Å²) in [6, 6.07) is 15.4. The van der Waals surface area contributed by atoms with E-state index >= 15 is 0 Å². The van der Waals surface area contributed by atoms with Gasteiger partial charge in [0.25, 0.3) is 5.91 Å². The highest BCUT2D eigenvalue weighted by molar-refractivity contribution is 6.33. The highest BCUT2D eigenvalue weighted by Crippen LogP contribution is 2.39. The first kappa shape index (κ1) is 22.7. The topological polar surface area (TPSA) is 58.6 Å². The fourth-order valence-corrected chi connectivity index (χ4v) is 4.69. The molecule has 3 aromatic rings. The minimum atomic E-state index is -0.0127. The Labute approximate surface area is 205 Å². The Bertz CT molecular complexity index is 1190. The van der Waals surface area contributed by atoms with Crippen molar-refractivity contribution in [2.24, 2.45) is 0 Å².